The Kier molecular flexibility index (Phi) is 4.27. The van der Waals surface area contributed by atoms with Crippen molar-refractivity contribution in [1.82, 2.24) is 4.90 Å². The molecule has 0 saturated heterocycles. The van der Waals surface area contributed by atoms with Crippen LogP contribution in [-0.4, -0.2) is 23.9 Å². The summed E-state index contributed by atoms with van der Waals surface area (Å²) in [5, 5.41) is 16.9. The van der Waals surface area contributed by atoms with E-state index < -0.39 is 42.0 Å². The summed E-state index contributed by atoms with van der Waals surface area (Å²) in [6.07, 6.45) is 0. The van der Waals surface area contributed by atoms with Gasteiger partial charge < -0.3 is 4.90 Å². The molecule has 0 heterocycles. The van der Waals surface area contributed by atoms with Gasteiger partial charge in [-0.1, -0.05) is 0 Å². The standard InChI is InChI=1S/C11H6F3N3O/c12-8-5-7(6-9(13)10(8)14)11(18)17(3-1-15)4-2-16/h5-6H,3-4H2. The van der Waals surface area contributed by atoms with E-state index in [9.17, 15) is 18.0 Å². The fourth-order valence-electron chi connectivity index (χ4n) is 1.23. The number of hydrogen-bond acceptors (Lipinski definition) is 3. The van der Waals surface area contributed by atoms with Crippen molar-refractivity contribution in [3.8, 4) is 12.1 Å². The third-order valence-corrected chi connectivity index (χ3v) is 2.04. The second kappa shape index (κ2) is 5.69. The molecule has 0 atom stereocenters. The number of nitriles is 2. The number of halogens is 3. The van der Waals surface area contributed by atoms with E-state index in [4.69, 9.17) is 10.5 Å². The number of carbonyl (C=O) groups is 1. The molecule has 0 saturated carbocycles. The van der Waals surface area contributed by atoms with Crippen LogP contribution in [0, 0.1) is 40.1 Å². The molecule has 1 aromatic rings. The zero-order chi connectivity index (χ0) is 13.7. The Morgan fingerprint density at radius 1 is 1.11 bits per heavy atom. The molecule has 0 spiro atoms. The maximum absolute atomic E-state index is 12.9. The van der Waals surface area contributed by atoms with Gasteiger partial charge in [-0.15, -0.1) is 0 Å². The van der Waals surface area contributed by atoms with Crippen molar-refractivity contribution in [3.05, 3.63) is 35.1 Å². The van der Waals surface area contributed by atoms with E-state index in [1.165, 1.54) is 0 Å². The molecule has 0 aliphatic rings. The highest BCUT2D eigenvalue weighted by Gasteiger charge is 2.19. The van der Waals surface area contributed by atoms with Crippen molar-refractivity contribution in [1.29, 1.82) is 10.5 Å². The Hall–Kier alpha value is -2.54. The second-order valence-corrected chi connectivity index (χ2v) is 3.23. The second-order valence-electron chi connectivity index (χ2n) is 3.23. The van der Waals surface area contributed by atoms with Crippen LogP contribution in [0.3, 0.4) is 0 Å². The number of nitrogens with zero attached hydrogens (tertiary/aromatic N) is 3. The third-order valence-electron chi connectivity index (χ3n) is 2.04. The van der Waals surface area contributed by atoms with E-state index in [0.717, 1.165) is 4.90 Å². The zero-order valence-corrected chi connectivity index (χ0v) is 8.95. The third kappa shape index (κ3) is 2.77. The molecule has 0 unspecified atom stereocenters. The van der Waals surface area contributed by atoms with Gasteiger partial charge in [-0.2, -0.15) is 10.5 Å². The lowest BCUT2D eigenvalue weighted by Gasteiger charge is -2.15. The molecule has 1 aromatic carbocycles. The maximum atomic E-state index is 12.9. The van der Waals surface area contributed by atoms with Crippen LogP contribution in [0.15, 0.2) is 12.1 Å². The summed E-state index contributed by atoms with van der Waals surface area (Å²) in [7, 11) is 0. The van der Waals surface area contributed by atoms with Gasteiger partial charge in [-0.25, -0.2) is 13.2 Å². The maximum Gasteiger partial charge on any atom is 0.255 e. The lowest BCUT2D eigenvalue weighted by molar-refractivity contribution is 0.0793. The molecule has 0 fully saturated rings. The summed E-state index contributed by atoms with van der Waals surface area (Å²) < 4.78 is 38.5. The van der Waals surface area contributed by atoms with Crippen molar-refractivity contribution in [2.24, 2.45) is 0 Å². The highest BCUT2D eigenvalue weighted by atomic mass is 19.2. The lowest BCUT2D eigenvalue weighted by Crippen LogP contribution is -2.32. The van der Waals surface area contributed by atoms with Crippen LogP contribution in [-0.2, 0) is 0 Å². The first-order valence-electron chi connectivity index (χ1n) is 4.69. The molecule has 18 heavy (non-hydrogen) atoms. The molecule has 7 heteroatoms. The van der Waals surface area contributed by atoms with Gasteiger partial charge in [0.25, 0.3) is 5.91 Å². The minimum atomic E-state index is -1.68. The molecule has 0 bridgehead atoms. The molecule has 0 aliphatic carbocycles. The van der Waals surface area contributed by atoms with Gasteiger partial charge in [0, 0.05) is 5.56 Å². The van der Waals surface area contributed by atoms with Gasteiger partial charge >= 0.3 is 0 Å². The summed E-state index contributed by atoms with van der Waals surface area (Å²) in [4.78, 5) is 12.5. The van der Waals surface area contributed by atoms with E-state index in [-0.39, 0.29) is 0 Å². The van der Waals surface area contributed by atoms with Gasteiger partial charge in [-0.3, -0.25) is 4.79 Å². The van der Waals surface area contributed by atoms with Gasteiger partial charge in [0.2, 0.25) is 0 Å². The zero-order valence-electron chi connectivity index (χ0n) is 8.95. The number of carbonyl (C=O) groups excluding carboxylic acids is 1. The molecule has 0 N–H and O–H groups in total. The highest BCUT2D eigenvalue weighted by molar-refractivity contribution is 5.94. The van der Waals surface area contributed by atoms with Gasteiger partial charge in [0.15, 0.2) is 17.5 Å². The lowest BCUT2D eigenvalue weighted by atomic mass is 10.1. The molecule has 0 aliphatic heterocycles. The van der Waals surface area contributed by atoms with Gasteiger partial charge in [-0.05, 0) is 12.1 Å². The summed E-state index contributed by atoms with van der Waals surface area (Å²) in [6.45, 7) is -0.819. The normalized spacial score (nSPS) is 9.39. The van der Waals surface area contributed by atoms with Crippen LogP contribution in [0.4, 0.5) is 13.2 Å². The number of hydrogen-bond donors (Lipinski definition) is 0. The Balaban J connectivity index is 3.10. The van der Waals surface area contributed by atoms with E-state index in [1.807, 2.05) is 0 Å². The number of amides is 1. The number of benzene rings is 1. The topological polar surface area (TPSA) is 67.9 Å². The number of rotatable bonds is 3. The molecular formula is C11H6F3N3O. The fourth-order valence-corrected chi connectivity index (χ4v) is 1.23. The SMILES string of the molecule is N#CCN(CC#N)C(=O)c1cc(F)c(F)c(F)c1. The van der Waals surface area contributed by atoms with Crippen molar-refractivity contribution < 1.29 is 18.0 Å². The highest BCUT2D eigenvalue weighted by Crippen LogP contribution is 2.15. The molecular weight excluding hydrogens is 247 g/mol. The Morgan fingerprint density at radius 3 is 1.94 bits per heavy atom. The summed E-state index contributed by atoms with van der Waals surface area (Å²) in [6, 6.07) is 4.31. The Bertz CT molecular complexity index is 521. The van der Waals surface area contributed by atoms with Crippen molar-refractivity contribution >= 4 is 5.91 Å². The predicted octanol–water partition coefficient (Wildman–Crippen LogP) is 1.59. The van der Waals surface area contributed by atoms with E-state index in [1.54, 1.807) is 12.1 Å². The van der Waals surface area contributed by atoms with Crippen LogP contribution in [0.5, 0.6) is 0 Å². The minimum Gasteiger partial charge on any atom is -0.312 e. The average Bonchev–Trinajstić information content (AvgIpc) is 2.34. The van der Waals surface area contributed by atoms with Crippen LogP contribution < -0.4 is 0 Å². The molecule has 1 amide bonds. The Labute approximate surface area is 100 Å². The van der Waals surface area contributed by atoms with E-state index >= 15 is 0 Å². The van der Waals surface area contributed by atoms with Crippen molar-refractivity contribution in [2.45, 2.75) is 0 Å². The van der Waals surface area contributed by atoms with E-state index in [0.29, 0.717) is 12.1 Å². The predicted molar refractivity (Wildman–Crippen MR) is 53.4 cm³/mol. The molecule has 4 nitrogen and oxygen atoms in total. The van der Waals surface area contributed by atoms with Crippen LogP contribution in [0.2, 0.25) is 0 Å². The van der Waals surface area contributed by atoms with Crippen molar-refractivity contribution in [2.75, 3.05) is 13.1 Å². The largest absolute Gasteiger partial charge is 0.312 e. The smallest absolute Gasteiger partial charge is 0.255 e. The Morgan fingerprint density at radius 2 is 1.56 bits per heavy atom. The molecule has 0 aromatic heterocycles. The summed E-state index contributed by atoms with van der Waals surface area (Å²) in [5.74, 6) is -5.62. The first-order valence-corrected chi connectivity index (χ1v) is 4.69. The molecule has 0 radical (unpaired) electrons. The first kappa shape index (κ1) is 13.5. The molecule has 1 rings (SSSR count). The molecule has 92 valence electrons. The van der Waals surface area contributed by atoms with Gasteiger partial charge in [0.05, 0.1) is 12.1 Å². The first-order chi connectivity index (χ1) is 8.51. The summed E-state index contributed by atoms with van der Waals surface area (Å²) >= 11 is 0. The fraction of sp³-hybridized carbons (Fsp3) is 0.182. The van der Waals surface area contributed by atoms with Gasteiger partial charge in [0.1, 0.15) is 13.1 Å². The monoisotopic (exact) mass is 253 g/mol. The van der Waals surface area contributed by atoms with Crippen molar-refractivity contribution in [3.63, 3.8) is 0 Å². The van der Waals surface area contributed by atoms with Crippen LogP contribution in [0.1, 0.15) is 10.4 Å². The quantitative estimate of drug-likeness (QED) is 0.606. The van der Waals surface area contributed by atoms with E-state index in [2.05, 4.69) is 0 Å². The average molecular weight is 253 g/mol. The van der Waals surface area contributed by atoms with Crippen LogP contribution >= 0.6 is 0 Å². The minimum absolute atomic E-state index is 0.410. The van der Waals surface area contributed by atoms with Crippen LogP contribution in [0.25, 0.3) is 0 Å². The summed E-state index contributed by atoms with van der Waals surface area (Å²) in [5.41, 5.74) is -0.461.